The molecular weight excluding hydrogens is 339 g/mol. The molecule has 0 radical (unpaired) electrons. The van der Waals surface area contributed by atoms with E-state index in [1.807, 2.05) is 0 Å². The average molecular weight is 350 g/mol. The molecule has 23 heavy (non-hydrogen) atoms. The van der Waals surface area contributed by atoms with Crippen LogP contribution in [-0.2, 0) is 12.7 Å². The molecule has 0 spiro atoms. The number of ether oxygens (including phenoxy) is 1. The van der Waals surface area contributed by atoms with Gasteiger partial charge in [-0.05, 0) is 18.6 Å². The molecule has 0 aliphatic carbocycles. The van der Waals surface area contributed by atoms with Crippen molar-refractivity contribution in [1.82, 2.24) is 14.8 Å². The van der Waals surface area contributed by atoms with Crippen molar-refractivity contribution in [2.24, 2.45) is 0 Å². The van der Waals surface area contributed by atoms with E-state index in [9.17, 15) is 18.0 Å². The second-order valence-corrected chi connectivity index (χ2v) is 4.82. The van der Waals surface area contributed by atoms with E-state index in [-0.39, 0.29) is 17.4 Å². The lowest BCUT2D eigenvalue weighted by molar-refractivity contribution is -0.142. The molecular formula is C13H11ClF3N3O3. The molecule has 2 aromatic heterocycles. The summed E-state index contributed by atoms with van der Waals surface area (Å²) in [5, 5.41) is 12.3. The Kier molecular flexibility index (Phi) is 4.79. The summed E-state index contributed by atoms with van der Waals surface area (Å²) in [5.74, 6) is -1.42. The predicted molar refractivity (Wildman–Crippen MR) is 73.7 cm³/mol. The number of carbonyl (C=O) groups is 1. The van der Waals surface area contributed by atoms with Gasteiger partial charge in [0.2, 0.25) is 0 Å². The van der Waals surface area contributed by atoms with Crippen LogP contribution in [0.3, 0.4) is 0 Å². The van der Waals surface area contributed by atoms with E-state index < -0.39 is 23.4 Å². The summed E-state index contributed by atoms with van der Waals surface area (Å²) in [4.78, 5) is 14.8. The molecule has 6 nitrogen and oxygen atoms in total. The minimum absolute atomic E-state index is 0.111. The van der Waals surface area contributed by atoms with Crippen LogP contribution in [0.4, 0.5) is 13.2 Å². The topological polar surface area (TPSA) is 77.2 Å². The van der Waals surface area contributed by atoms with Gasteiger partial charge in [-0.3, -0.25) is 4.68 Å². The molecule has 0 amide bonds. The molecule has 0 saturated heterocycles. The van der Waals surface area contributed by atoms with E-state index in [2.05, 4.69) is 10.1 Å². The van der Waals surface area contributed by atoms with Gasteiger partial charge >= 0.3 is 12.1 Å². The maximum absolute atomic E-state index is 12.8. The molecule has 0 aliphatic heterocycles. The smallest absolute Gasteiger partial charge is 0.436 e. The number of alkyl halides is 3. The van der Waals surface area contributed by atoms with Crippen LogP contribution in [0.1, 0.15) is 28.5 Å². The van der Waals surface area contributed by atoms with Gasteiger partial charge in [-0.25, -0.2) is 9.78 Å². The van der Waals surface area contributed by atoms with Crippen LogP contribution in [0.15, 0.2) is 18.5 Å². The van der Waals surface area contributed by atoms with Crippen molar-refractivity contribution in [3.05, 3.63) is 40.4 Å². The zero-order valence-electron chi connectivity index (χ0n) is 11.8. The van der Waals surface area contributed by atoms with Crippen molar-refractivity contribution in [1.29, 1.82) is 0 Å². The number of nitrogens with zero attached hydrogens (tertiary/aromatic N) is 3. The molecule has 0 aliphatic rings. The van der Waals surface area contributed by atoms with Gasteiger partial charge in [-0.2, -0.15) is 18.3 Å². The Hall–Kier alpha value is -2.29. The molecule has 10 heteroatoms. The third kappa shape index (κ3) is 3.92. The highest BCUT2D eigenvalue weighted by Crippen LogP contribution is 2.31. The summed E-state index contributed by atoms with van der Waals surface area (Å²) in [6.07, 6.45) is -2.69. The standard InChI is InChI=1S/C13H11ClF3N3O3/c1-2-23-9-3-7(4-18-11(9)14)5-20-6-8(12(21)22)10(19-20)13(15,16)17/h3-4,6H,2,5H2,1H3,(H,21,22). The molecule has 1 N–H and O–H groups in total. The summed E-state index contributed by atoms with van der Waals surface area (Å²) < 4.78 is 44.5. The largest absolute Gasteiger partial charge is 0.491 e. The molecule has 2 rings (SSSR count). The van der Waals surface area contributed by atoms with E-state index in [1.54, 1.807) is 6.92 Å². The molecule has 0 atom stereocenters. The highest BCUT2D eigenvalue weighted by Gasteiger charge is 2.39. The molecule has 2 heterocycles. The lowest BCUT2D eigenvalue weighted by Crippen LogP contribution is -2.12. The monoisotopic (exact) mass is 349 g/mol. The minimum atomic E-state index is -4.85. The Bertz CT molecular complexity index is 731. The first-order chi connectivity index (χ1) is 10.7. The van der Waals surface area contributed by atoms with E-state index in [0.717, 1.165) is 10.9 Å². The molecule has 0 bridgehead atoms. The van der Waals surface area contributed by atoms with Crippen molar-refractivity contribution < 1.29 is 27.8 Å². The number of hydrogen-bond acceptors (Lipinski definition) is 4. The number of aromatic carboxylic acids is 1. The third-order valence-corrected chi connectivity index (χ3v) is 3.05. The summed E-state index contributed by atoms with van der Waals surface area (Å²) in [6, 6.07) is 1.51. The second-order valence-electron chi connectivity index (χ2n) is 4.46. The summed E-state index contributed by atoms with van der Waals surface area (Å²) >= 11 is 5.82. The Morgan fingerprint density at radius 1 is 1.48 bits per heavy atom. The molecule has 124 valence electrons. The van der Waals surface area contributed by atoms with Crippen molar-refractivity contribution >= 4 is 17.6 Å². The summed E-state index contributed by atoms with van der Waals surface area (Å²) in [5.41, 5.74) is -1.90. The predicted octanol–water partition coefficient (Wildman–Crippen LogP) is 3.10. The number of carboxylic acid groups (broad SMARTS) is 1. The minimum Gasteiger partial charge on any atom is -0.491 e. The van der Waals surface area contributed by atoms with Crippen molar-refractivity contribution in [3.63, 3.8) is 0 Å². The van der Waals surface area contributed by atoms with Gasteiger partial charge in [-0.1, -0.05) is 11.6 Å². The van der Waals surface area contributed by atoms with E-state index in [0.29, 0.717) is 12.2 Å². The molecule has 2 aromatic rings. The Morgan fingerprint density at radius 2 is 2.17 bits per heavy atom. The van der Waals surface area contributed by atoms with Gasteiger partial charge in [0.25, 0.3) is 0 Å². The number of rotatable bonds is 5. The molecule has 0 saturated carbocycles. The van der Waals surface area contributed by atoms with E-state index in [1.165, 1.54) is 12.3 Å². The summed E-state index contributed by atoms with van der Waals surface area (Å²) in [7, 11) is 0. The number of halogens is 4. The third-order valence-electron chi connectivity index (χ3n) is 2.77. The molecule has 0 fully saturated rings. The van der Waals surface area contributed by atoms with Gasteiger partial charge in [-0.15, -0.1) is 0 Å². The number of pyridine rings is 1. The Morgan fingerprint density at radius 3 is 2.70 bits per heavy atom. The zero-order valence-corrected chi connectivity index (χ0v) is 12.5. The van der Waals surface area contributed by atoms with E-state index >= 15 is 0 Å². The Labute approximate surface area is 133 Å². The second kappa shape index (κ2) is 6.45. The highest BCUT2D eigenvalue weighted by molar-refractivity contribution is 6.30. The van der Waals surface area contributed by atoms with Gasteiger partial charge in [0.05, 0.1) is 13.2 Å². The lowest BCUT2D eigenvalue weighted by atomic mass is 10.2. The van der Waals surface area contributed by atoms with Crippen LogP contribution >= 0.6 is 11.6 Å². The van der Waals surface area contributed by atoms with Gasteiger partial charge < -0.3 is 9.84 Å². The number of hydrogen-bond donors (Lipinski definition) is 1. The number of carboxylic acids is 1. The lowest BCUT2D eigenvalue weighted by Gasteiger charge is -2.07. The normalized spacial score (nSPS) is 11.5. The highest BCUT2D eigenvalue weighted by atomic mass is 35.5. The van der Waals surface area contributed by atoms with Gasteiger partial charge in [0, 0.05) is 12.4 Å². The molecule has 0 unspecified atom stereocenters. The van der Waals surface area contributed by atoms with Crippen LogP contribution in [-0.4, -0.2) is 32.4 Å². The quantitative estimate of drug-likeness (QED) is 0.839. The van der Waals surface area contributed by atoms with Crippen LogP contribution in [0, 0.1) is 0 Å². The van der Waals surface area contributed by atoms with E-state index in [4.69, 9.17) is 21.4 Å². The van der Waals surface area contributed by atoms with Crippen LogP contribution < -0.4 is 4.74 Å². The maximum atomic E-state index is 12.8. The first kappa shape index (κ1) is 17.1. The Balaban J connectivity index is 2.34. The van der Waals surface area contributed by atoms with Crippen molar-refractivity contribution in [2.45, 2.75) is 19.6 Å². The van der Waals surface area contributed by atoms with Crippen molar-refractivity contribution in [2.75, 3.05) is 6.61 Å². The molecule has 0 aromatic carbocycles. The summed E-state index contributed by atoms with van der Waals surface area (Å²) in [6.45, 7) is 1.97. The van der Waals surface area contributed by atoms with Crippen LogP contribution in [0.2, 0.25) is 5.15 Å². The van der Waals surface area contributed by atoms with Crippen LogP contribution in [0.25, 0.3) is 0 Å². The fourth-order valence-corrected chi connectivity index (χ4v) is 2.02. The van der Waals surface area contributed by atoms with Crippen LogP contribution in [0.5, 0.6) is 5.75 Å². The SMILES string of the molecule is CCOc1cc(Cn2cc(C(=O)O)c(C(F)(F)F)n2)cnc1Cl. The van der Waals surface area contributed by atoms with Crippen molar-refractivity contribution in [3.8, 4) is 5.75 Å². The first-order valence-corrected chi connectivity index (χ1v) is 6.75. The average Bonchev–Trinajstić information content (AvgIpc) is 2.87. The first-order valence-electron chi connectivity index (χ1n) is 6.37. The fraction of sp³-hybridized carbons (Fsp3) is 0.308. The van der Waals surface area contributed by atoms with Gasteiger partial charge in [0.15, 0.2) is 16.6 Å². The number of aromatic nitrogens is 3. The maximum Gasteiger partial charge on any atom is 0.436 e. The fourth-order valence-electron chi connectivity index (χ4n) is 1.87. The zero-order chi connectivity index (χ0) is 17.2. The van der Waals surface area contributed by atoms with Gasteiger partial charge in [0.1, 0.15) is 5.56 Å².